The molecule has 1 heterocycles. The fourth-order valence-corrected chi connectivity index (χ4v) is 1.93. The first-order chi connectivity index (χ1) is 9.56. The SMILES string of the molecule is CC(O)CCNC(=O)NC(C)c1cc2ccccc2o1. The number of benzene rings is 1. The zero-order valence-corrected chi connectivity index (χ0v) is 11.7. The van der Waals surface area contributed by atoms with Crippen molar-refractivity contribution in [2.75, 3.05) is 6.54 Å². The molecule has 0 fully saturated rings. The number of para-hydroxylation sites is 1. The fourth-order valence-electron chi connectivity index (χ4n) is 1.93. The molecule has 5 heteroatoms. The minimum atomic E-state index is -0.414. The lowest BCUT2D eigenvalue weighted by Gasteiger charge is -2.12. The molecule has 1 aromatic heterocycles. The van der Waals surface area contributed by atoms with E-state index in [1.807, 2.05) is 37.3 Å². The van der Waals surface area contributed by atoms with E-state index >= 15 is 0 Å². The van der Waals surface area contributed by atoms with Crippen molar-refractivity contribution in [3.05, 3.63) is 36.1 Å². The molecule has 2 unspecified atom stereocenters. The smallest absolute Gasteiger partial charge is 0.315 e. The zero-order valence-electron chi connectivity index (χ0n) is 11.7. The Morgan fingerprint density at radius 1 is 1.35 bits per heavy atom. The predicted molar refractivity (Wildman–Crippen MR) is 77.5 cm³/mol. The van der Waals surface area contributed by atoms with Gasteiger partial charge < -0.3 is 20.2 Å². The van der Waals surface area contributed by atoms with Gasteiger partial charge in [-0.15, -0.1) is 0 Å². The second-order valence-electron chi connectivity index (χ2n) is 4.95. The molecule has 0 saturated carbocycles. The Balaban J connectivity index is 1.90. The van der Waals surface area contributed by atoms with Crippen LogP contribution in [0, 0.1) is 0 Å². The second kappa shape index (κ2) is 6.43. The fraction of sp³-hybridized carbons (Fsp3) is 0.400. The van der Waals surface area contributed by atoms with Crippen molar-refractivity contribution < 1.29 is 14.3 Å². The predicted octanol–water partition coefficient (Wildman–Crippen LogP) is 2.56. The van der Waals surface area contributed by atoms with Gasteiger partial charge in [0, 0.05) is 11.9 Å². The van der Waals surface area contributed by atoms with Gasteiger partial charge in [0.15, 0.2) is 0 Å². The van der Waals surface area contributed by atoms with Gasteiger partial charge >= 0.3 is 6.03 Å². The highest BCUT2D eigenvalue weighted by Crippen LogP contribution is 2.23. The summed E-state index contributed by atoms with van der Waals surface area (Å²) in [5.74, 6) is 0.719. The quantitative estimate of drug-likeness (QED) is 0.785. The average molecular weight is 276 g/mol. The van der Waals surface area contributed by atoms with Gasteiger partial charge in [-0.25, -0.2) is 4.79 Å². The molecule has 2 rings (SSSR count). The lowest BCUT2D eigenvalue weighted by Crippen LogP contribution is -2.38. The Hall–Kier alpha value is -2.01. The molecule has 1 aromatic carbocycles. The van der Waals surface area contributed by atoms with E-state index in [1.165, 1.54) is 0 Å². The summed E-state index contributed by atoms with van der Waals surface area (Å²) in [6.07, 6.45) is 0.120. The van der Waals surface area contributed by atoms with E-state index in [0.717, 1.165) is 16.7 Å². The number of aliphatic hydroxyl groups excluding tert-OH is 1. The molecule has 2 amide bonds. The molecule has 20 heavy (non-hydrogen) atoms. The molecule has 0 saturated heterocycles. The first-order valence-corrected chi connectivity index (χ1v) is 6.77. The van der Waals surface area contributed by atoms with Crippen molar-refractivity contribution in [2.45, 2.75) is 32.4 Å². The number of rotatable bonds is 5. The summed E-state index contributed by atoms with van der Waals surface area (Å²) in [7, 11) is 0. The highest BCUT2D eigenvalue weighted by atomic mass is 16.3. The number of fused-ring (bicyclic) bond motifs is 1. The van der Waals surface area contributed by atoms with Gasteiger partial charge in [0.2, 0.25) is 0 Å². The topological polar surface area (TPSA) is 74.5 Å². The molecule has 0 aliphatic carbocycles. The second-order valence-corrected chi connectivity index (χ2v) is 4.95. The van der Waals surface area contributed by atoms with Gasteiger partial charge in [-0.05, 0) is 32.4 Å². The standard InChI is InChI=1S/C15H20N2O3/c1-10(18)7-8-16-15(19)17-11(2)14-9-12-5-3-4-6-13(12)20-14/h3-6,9-11,18H,7-8H2,1-2H3,(H2,16,17,19). The number of furan rings is 1. The van der Waals surface area contributed by atoms with Crippen LogP contribution in [0.1, 0.15) is 32.1 Å². The van der Waals surface area contributed by atoms with Gasteiger partial charge in [0.05, 0.1) is 12.1 Å². The Morgan fingerprint density at radius 3 is 2.80 bits per heavy atom. The van der Waals surface area contributed by atoms with E-state index in [9.17, 15) is 4.79 Å². The van der Waals surface area contributed by atoms with E-state index in [1.54, 1.807) is 6.92 Å². The van der Waals surface area contributed by atoms with Crippen LogP contribution < -0.4 is 10.6 Å². The third-order valence-corrected chi connectivity index (χ3v) is 3.07. The van der Waals surface area contributed by atoms with Crippen molar-refractivity contribution in [3.63, 3.8) is 0 Å². The summed E-state index contributed by atoms with van der Waals surface area (Å²) < 4.78 is 5.69. The molecule has 2 atom stereocenters. The van der Waals surface area contributed by atoms with Gasteiger partial charge in [-0.3, -0.25) is 0 Å². The van der Waals surface area contributed by atoms with Crippen molar-refractivity contribution in [1.29, 1.82) is 0 Å². The van der Waals surface area contributed by atoms with E-state index in [4.69, 9.17) is 9.52 Å². The molecular formula is C15H20N2O3. The number of urea groups is 1. The minimum absolute atomic E-state index is 0.214. The van der Waals surface area contributed by atoms with Crippen LogP contribution in [0.4, 0.5) is 4.79 Å². The molecular weight excluding hydrogens is 256 g/mol. The molecule has 5 nitrogen and oxygen atoms in total. The van der Waals surface area contributed by atoms with Crippen molar-refractivity contribution >= 4 is 17.0 Å². The maximum absolute atomic E-state index is 11.7. The summed E-state index contributed by atoms with van der Waals surface area (Å²) >= 11 is 0. The first-order valence-electron chi connectivity index (χ1n) is 6.77. The highest BCUT2D eigenvalue weighted by Gasteiger charge is 2.13. The third-order valence-electron chi connectivity index (χ3n) is 3.07. The monoisotopic (exact) mass is 276 g/mol. The van der Waals surface area contributed by atoms with Crippen LogP contribution in [0.2, 0.25) is 0 Å². The lowest BCUT2D eigenvalue weighted by atomic mass is 10.2. The minimum Gasteiger partial charge on any atom is -0.459 e. The van der Waals surface area contributed by atoms with E-state index in [-0.39, 0.29) is 12.1 Å². The zero-order chi connectivity index (χ0) is 14.5. The maximum atomic E-state index is 11.7. The lowest BCUT2D eigenvalue weighted by molar-refractivity contribution is 0.183. The van der Waals surface area contributed by atoms with Crippen molar-refractivity contribution in [1.82, 2.24) is 10.6 Å². The molecule has 0 aliphatic rings. The Labute approximate surface area is 118 Å². The highest BCUT2D eigenvalue weighted by molar-refractivity contribution is 5.78. The molecule has 2 aromatic rings. The molecule has 0 radical (unpaired) electrons. The average Bonchev–Trinajstić information content (AvgIpc) is 2.82. The summed E-state index contributed by atoms with van der Waals surface area (Å²) in [5.41, 5.74) is 0.811. The number of aliphatic hydroxyl groups is 1. The third kappa shape index (κ3) is 3.74. The Morgan fingerprint density at radius 2 is 2.10 bits per heavy atom. The summed E-state index contributed by atoms with van der Waals surface area (Å²) in [6.45, 7) is 4.00. The van der Waals surface area contributed by atoms with E-state index in [2.05, 4.69) is 10.6 Å². The summed E-state index contributed by atoms with van der Waals surface area (Å²) in [4.78, 5) is 11.7. The normalized spacial score (nSPS) is 13.9. The Kier molecular flexibility index (Phi) is 4.63. The number of hydrogen-bond acceptors (Lipinski definition) is 3. The van der Waals surface area contributed by atoms with Crippen LogP contribution in [0.15, 0.2) is 34.7 Å². The van der Waals surface area contributed by atoms with Crippen LogP contribution in [0.3, 0.4) is 0 Å². The Bertz CT molecular complexity index is 544. The van der Waals surface area contributed by atoms with Crippen molar-refractivity contribution in [3.8, 4) is 0 Å². The van der Waals surface area contributed by atoms with Crippen LogP contribution in [0.5, 0.6) is 0 Å². The molecule has 0 bridgehead atoms. The van der Waals surface area contributed by atoms with Crippen LogP contribution in [0.25, 0.3) is 11.0 Å². The molecule has 108 valence electrons. The van der Waals surface area contributed by atoms with E-state index in [0.29, 0.717) is 13.0 Å². The van der Waals surface area contributed by atoms with Crippen molar-refractivity contribution in [2.24, 2.45) is 0 Å². The van der Waals surface area contributed by atoms with Crippen LogP contribution in [-0.2, 0) is 0 Å². The molecule has 3 N–H and O–H groups in total. The van der Waals surface area contributed by atoms with Crippen LogP contribution >= 0.6 is 0 Å². The van der Waals surface area contributed by atoms with Gasteiger partial charge in [0.1, 0.15) is 11.3 Å². The van der Waals surface area contributed by atoms with Gasteiger partial charge in [-0.1, -0.05) is 18.2 Å². The number of amides is 2. The molecule has 0 spiro atoms. The molecule has 0 aliphatic heterocycles. The van der Waals surface area contributed by atoms with E-state index < -0.39 is 6.10 Å². The summed E-state index contributed by atoms with van der Waals surface area (Å²) in [6, 6.07) is 9.17. The van der Waals surface area contributed by atoms with Crippen LogP contribution in [-0.4, -0.2) is 23.8 Å². The number of hydrogen-bond donors (Lipinski definition) is 3. The number of carbonyl (C=O) groups is 1. The largest absolute Gasteiger partial charge is 0.459 e. The summed E-state index contributed by atoms with van der Waals surface area (Å²) in [5, 5.41) is 15.6. The first kappa shape index (κ1) is 14.4. The maximum Gasteiger partial charge on any atom is 0.315 e. The number of nitrogens with one attached hydrogen (secondary N) is 2. The van der Waals surface area contributed by atoms with Gasteiger partial charge in [0.25, 0.3) is 0 Å². The number of carbonyl (C=O) groups excluding carboxylic acids is 1. The van der Waals surface area contributed by atoms with Gasteiger partial charge in [-0.2, -0.15) is 0 Å².